The van der Waals surface area contributed by atoms with Gasteiger partial charge in [0, 0.05) is 0 Å². The first-order chi connectivity index (χ1) is 10.9. The Kier molecular flexibility index (Phi) is 5.69. The number of allylic oxidation sites excluding steroid dienone is 1. The van der Waals surface area contributed by atoms with Crippen molar-refractivity contribution < 1.29 is 0 Å². The fourth-order valence-corrected chi connectivity index (χ4v) is 6.11. The maximum absolute atomic E-state index is 4.35. The molecular formula is C18H16N2Se2. The van der Waals surface area contributed by atoms with Crippen molar-refractivity contribution in [3.8, 4) is 0 Å². The van der Waals surface area contributed by atoms with Gasteiger partial charge in [0.05, 0.1) is 0 Å². The number of nitrogens with zero attached hydrogens (tertiary/aromatic N) is 2. The van der Waals surface area contributed by atoms with Crippen molar-refractivity contribution in [3.63, 3.8) is 0 Å². The third kappa shape index (κ3) is 4.72. The van der Waals surface area contributed by atoms with Crippen LogP contribution in [0, 0.1) is 0 Å². The van der Waals surface area contributed by atoms with Crippen LogP contribution in [0.2, 0.25) is 0 Å². The molecule has 4 heteroatoms. The van der Waals surface area contributed by atoms with Gasteiger partial charge >= 0.3 is 144 Å². The van der Waals surface area contributed by atoms with Crippen molar-refractivity contribution >= 4 is 38.8 Å². The maximum atomic E-state index is 4.35. The average Bonchev–Trinajstić information content (AvgIpc) is 3.08. The third-order valence-corrected chi connectivity index (χ3v) is 7.82. The van der Waals surface area contributed by atoms with Gasteiger partial charge in [-0.3, -0.25) is 0 Å². The van der Waals surface area contributed by atoms with Crippen LogP contribution in [-0.2, 0) is 6.54 Å². The average molecular weight is 418 g/mol. The van der Waals surface area contributed by atoms with Crippen LogP contribution in [0.4, 0.5) is 0 Å². The Labute approximate surface area is 143 Å². The first kappa shape index (κ1) is 15.3. The van der Waals surface area contributed by atoms with Crippen LogP contribution in [-0.4, -0.2) is 39.7 Å². The first-order valence-corrected chi connectivity index (χ1v) is 10.6. The molecule has 3 aromatic rings. The van der Waals surface area contributed by atoms with Crippen molar-refractivity contribution in [1.29, 1.82) is 0 Å². The molecule has 1 heterocycles. The van der Waals surface area contributed by atoms with E-state index in [1.807, 2.05) is 23.1 Å². The SMILES string of the molecule is C(/[Se]c1ccccc1)=C(/Cn1cccn1)[Se]c1ccccc1. The quantitative estimate of drug-likeness (QED) is 0.559. The van der Waals surface area contributed by atoms with Crippen LogP contribution in [0.1, 0.15) is 0 Å². The summed E-state index contributed by atoms with van der Waals surface area (Å²) in [6.07, 6.45) is 3.87. The normalized spacial score (nSPS) is 11.5. The van der Waals surface area contributed by atoms with Gasteiger partial charge in [-0.05, 0) is 0 Å². The second kappa shape index (κ2) is 8.16. The van der Waals surface area contributed by atoms with Crippen molar-refractivity contribution in [2.45, 2.75) is 6.54 Å². The van der Waals surface area contributed by atoms with Crippen molar-refractivity contribution in [2.24, 2.45) is 0 Å². The van der Waals surface area contributed by atoms with Gasteiger partial charge in [0.2, 0.25) is 0 Å². The summed E-state index contributed by atoms with van der Waals surface area (Å²) >= 11 is 0.726. The molecule has 2 nitrogen and oxygen atoms in total. The molecule has 0 aliphatic carbocycles. The standard InChI is InChI=1S/C18H16N2Se2/c1-3-8-16(9-4-1)21-15-18(14-20-13-7-12-19-20)22-17-10-5-2-6-11-17/h1-13,15H,14H2/b18-15+. The van der Waals surface area contributed by atoms with Gasteiger partial charge in [-0.2, -0.15) is 0 Å². The van der Waals surface area contributed by atoms with Crippen LogP contribution >= 0.6 is 0 Å². The van der Waals surface area contributed by atoms with Crippen LogP contribution in [0.15, 0.2) is 88.6 Å². The molecule has 0 saturated heterocycles. The molecule has 1 aromatic heterocycles. The van der Waals surface area contributed by atoms with Crippen molar-refractivity contribution in [1.82, 2.24) is 9.78 Å². The summed E-state index contributed by atoms with van der Waals surface area (Å²) < 4.78 is 6.32. The Morgan fingerprint density at radius 2 is 1.59 bits per heavy atom. The summed E-state index contributed by atoms with van der Waals surface area (Å²) in [7, 11) is 0. The minimum absolute atomic E-state index is 0.351. The molecule has 0 atom stereocenters. The Morgan fingerprint density at radius 1 is 0.909 bits per heavy atom. The number of hydrogen-bond acceptors (Lipinski definition) is 1. The Bertz CT molecular complexity index is 707. The molecule has 0 fully saturated rings. The molecule has 0 aliphatic heterocycles. The van der Waals surface area contributed by atoms with Crippen LogP contribution in [0.25, 0.3) is 0 Å². The number of hydrogen-bond donors (Lipinski definition) is 0. The molecule has 0 bridgehead atoms. The van der Waals surface area contributed by atoms with E-state index in [1.54, 1.807) is 0 Å². The van der Waals surface area contributed by atoms with Crippen molar-refractivity contribution in [3.05, 3.63) is 88.6 Å². The zero-order valence-electron chi connectivity index (χ0n) is 12.0. The van der Waals surface area contributed by atoms with E-state index in [9.17, 15) is 0 Å². The molecule has 22 heavy (non-hydrogen) atoms. The van der Waals surface area contributed by atoms with Gasteiger partial charge < -0.3 is 0 Å². The summed E-state index contributed by atoms with van der Waals surface area (Å²) in [5.41, 5.74) is 0. The molecule has 0 spiro atoms. The zero-order chi connectivity index (χ0) is 15.0. The van der Waals surface area contributed by atoms with E-state index in [4.69, 9.17) is 0 Å². The van der Waals surface area contributed by atoms with E-state index >= 15 is 0 Å². The van der Waals surface area contributed by atoms with Gasteiger partial charge in [0.25, 0.3) is 0 Å². The van der Waals surface area contributed by atoms with E-state index < -0.39 is 0 Å². The van der Waals surface area contributed by atoms with E-state index in [2.05, 4.69) is 70.7 Å². The van der Waals surface area contributed by atoms with E-state index in [-0.39, 0.29) is 0 Å². The topological polar surface area (TPSA) is 17.8 Å². The van der Waals surface area contributed by atoms with E-state index in [1.165, 1.54) is 13.4 Å². The second-order valence-electron chi connectivity index (χ2n) is 4.63. The predicted octanol–water partition coefficient (Wildman–Crippen LogP) is 1.78. The first-order valence-electron chi connectivity index (χ1n) is 7.01. The second-order valence-corrected chi connectivity index (χ2v) is 9.13. The summed E-state index contributed by atoms with van der Waals surface area (Å²) in [5, 5.41) is 4.35. The van der Waals surface area contributed by atoms with E-state index in [0.717, 1.165) is 6.54 Å². The molecule has 0 aliphatic rings. The third-order valence-electron chi connectivity index (χ3n) is 2.94. The molecular weight excluding hydrogens is 402 g/mol. The minimum atomic E-state index is 0.351. The zero-order valence-corrected chi connectivity index (χ0v) is 15.4. The molecule has 0 radical (unpaired) electrons. The summed E-state index contributed by atoms with van der Waals surface area (Å²) in [5.74, 6) is 0. The summed E-state index contributed by atoms with van der Waals surface area (Å²) in [6, 6.07) is 23.4. The monoisotopic (exact) mass is 420 g/mol. The van der Waals surface area contributed by atoms with Crippen LogP contribution in [0.3, 0.4) is 0 Å². The number of benzene rings is 2. The fraction of sp³-hybridized carbons (Fsp3) is 0.0556. The number of aromatic nitrogens is 2. The van der Waals surface area contributed by atoms with E-state index in [0.29, 0.717) is 29.9 Å². The van der Waals surface area contributed by atoms with Gasteiger partial charge in [0.1, 0.15) is 0 Å². The summed E-state index contributed by atoms with van der Waals surface area (Å²) in [4.78, 5) is 2.43. The Balaban J connectivity index is 1.76. The van der Waals surface area contributed by atoms with Crippen molar-refractivity contribution in [2.75, 3.05) is 0 Å². The van der Waals surface area contributed by atoms with Gasteiger partial charge in [0.15, 0.2) is 0 Å². The van der Waals surface area contributed by atoms with Gasteiger partial charge in [-0.25, -0.2) is 0 Å². The molecule has 110 valence electrons. The van der Waals surface area contributed by atoms with Crippen LogP contribution in [0.5, 0.6) is 0 Å². The molecule has 2 aromatic carbocycles. The Hall–Kier alpha value is -1.57. The van der Waals surface area contributed by atoms with Gasteiger partial charge in [-0.1, -0.05) is 0 Å². The molecule has 0 unspecified atom stereocenters. The Morgan fingerprint density at radius 3 is 2.23 bits per heavy atom. The molecule has 0 N–H and O–H groups in total. The predicted molar refractivity (Wildman–Crippen MR) is 94.0 cm³/mol. The number of rotatable bonds is 6. The molecule has 0 saturated carbocycles. The molecule has 0 amide bonds. The summed E-state index contributed by atoms with van der Waals surface area (Å²) in [6.45, 7) is 0.885. The van der Waals surface area contributed by atoms with Crippen LogP contribution < -0.4 is 8.92 Å². The van der Waals surface area contributed by atoms with Gasteiger partial charge in [-0.15, -0.1) is 0 Å². The molecule has 3 rings (SSSR count). The fourth-order valence-electron chi connectivity index (χ4n) is 1.92.